The second-order valence-electron chi connectivity index (χ2n) is 4.98. The van der Waals surface area contributed by atoms with Crippen LogP contribution in [0.1, 0.15) is 12.5 Å². The number of anilines is 3. The van der Waals surface area contributed by atoms with E-state index in [-0.39, 0.29) is 0 Å². The van der Waals surface area contributed by atoms with Gasteiger partial charge in [0.1, 0.15) is 5.82 Å². The molecule has 0 unspecified atom stereocenters. The topological polar surface area (TPSA) is 49.8 Å². The number of benzene rings is 2. The summed E-state index contributed by atoms with van der Waals surface area (Å²) in [4.78, 5) is 9.16. The largest absolute Gasteiger partial charge is 0.370 e. The van der Waals surface area contributed by atoms with Gasteiger partial charge >= 0.3 is 0 Å². The first-order valence-electron chi connectivity index (χ1n) is 7.22. The Hall–Kier alpha value is -2.33. The Morgan fingerprint density at radius 2 is 1.86 bits per heavy atom. The lowest BCUT2D eigenvalue weighted by Crippen LogP contribution is -2.05. The van der Waals surface area contributed by atoms with Crippen molar-refractivity contribution in [3.63, 3.8) is 0 Å². The lowest BCUT2D eigenvalue weighted by Gasteiger charge is -2.12. The monoisotopic (exact) mass is 312 g/mol. The molecule has 0 bridgehead atoms. The van der Waals surface area contributed by atoms with Crippen LogP contribution in [0.2, 0.25) is 5.02 Å². The molecule has 22 heavy (non-hydrogen) atoms. The molecule has 2 N–H and O–H groups in total. The predicted octanol–water partition coefficient (Wildman–Crippen LogP) is 4.77. The second kappa shape index (κ2) is 6.20. The molecule has 2 aromatic carbocycles. The van der Waals surface area contributed by atoms with Crippen LogP contribution in [0.4, 0.5) is 17.5 Å². The maximum atomic E-state index is 6.16. The molecular formula is C17H17ClN4. The van der Waals surface area contributed by atoms with Gasteiger partial charge in [0, 0.05) is 22.6 Å². The van der Waals surface area contributed by atoms with E-state index in [4.69, 9.17) is 11.6 Å². The lowest BCUT2D eigenvalue weighted by molar-refractivity contribution is 1.14. The van der Waals surface area contributed by atoms with Crippen molar-refractivity contribution in [3.05, 3.63) is 53.1 Å². The van der Waals surface area contributed by atoms with Crippen molar-refractivity contribution in [3.8, 4) is 0 Å². The molecule has 0 atom stereocenters. The molecule has 1 heterocycles. The minimum Gasteiger partial charge on any atom is -0.370 e. The van der Waals surface area contributed by atoms with Crippen molar-refractivity contribution < 1.29 is 0 Å². The zero-order valence-electron chi connectivity index (χ0n) is 12.5. The predicted molar refractivity (Wildman–Crippen MR) is 93.2 cm³/mol. The summed E-state index contributed by atoms with van der Waals surface area (Å²) in [5, 5.41) is 8.27. The summed E-state index contributed by atoms with van der Waals surface area (Å²) in [5.74, 6) is 1.38. The highest BCUT2D eigenvalue weighted by molar-refractivity contribution is 6.31. The average molecular weight is 313 g/mol. The highest BCUT2D eigenvalue weighted by atomic mass is 35.5. The highest BCUT2D eigenvalue weighted by Crippen LogP contribution is 2.27. The van der Waals surface area contributed by atoms with Crippen molar-refractivity contribution in [2.45, 2.75) is 13.8 Å². The third-order valence-electron chi connectivity index (χ3n) is 3.46. The van der Waals surface area contributed by atoms with Crippen LogP contribution < -0.4 is 10.6 Å². The third kappa shape index (κ3) is 2.83. The summed E-state index contributed by atoms with van der Waals surface area (Å²) in [7, 11) is 0. The molecule has 0 spiro atoms. The number of para-hydroxylation sites is 1. The van der Waals surface area contributed by atoms with E-state index in [0.29, 0.717) is 5.95 Å². The Morgan fingerprint density at radius 3 is 2.68 bits per heavy atom. The summed E-state index contributed by atoms with van der Waals surface area (Å²) >= 11 is 6.16. The van der Waals surface area contributed by atoms with Gasteiger partial charge in [-0.25, -0.2) is 4.98 Å². The number of rotatable bonds is 4. The first-order chi connectivity index (χ1) is 10.7. The van der Waals surface area contributed by atoms with Crippen LogP contribution in [0, 0.1) is 6.92 Å². The van der Waals surface area contributed by atoms with Gasteiger partial charge in [0.25, 0.3) is 0 Å². The van der Waals surface area contributed by atoms with Crippen LogP contribution in [0.25, 0.3) is 10.9 Å². The quantitative estimate of drug-likeness (QED) is 0.728. The van der Waals surface area contributed by atoms with Gasteiger partial charge in [-0.05, 0) is 43.7 Å². The number of hydrogen-bond acceptors (Lipinski definition) is 4. The van der Waals surface area contributed by atoms with Crippen LogP contribution in [0.5, 0.6) is 0 Å². The van der Waals surface area contributed by atoms with Crippen LogP contribution in [0.3, 0.4) is 0 Å². The molecule has 1 aromatic heterocycles. The molecule has 0 aliphatic heterocycles. The summed E-state index contributed by atoms with van der Waals surface area (Å²) in [5.41, 5.74) is 2.78. The van der Waals surface area contributed by atoms with Crippen molar-refractivity contribution in [2.75, 3.05) is 17.2 Å². The van der Waals surface area contributed by atoms with E-state index in [1.165, 1.54) is 0 Å². The Bertz CT molecular complexity index is 817. The van der Waals surface area contributed by atoms with Crippen LogP contribution >= 0.6 is 11.6 Å². The number of aromatic nitrogens is 2. The van der Waals surface area contributed by atoms with Gasteiger partial charge in [0.2, 0.25) is 5.95 Å². The lowest BCUT2D eigenvalue weighted by atomic mass is 10.2. The van der Waals surface area contributed by atoms with Crippen LogP contribution in [0.15, 0.2) is 42.5 Å². The van der Waals surface area contributed by atoms with Crippen molar-refractivity contribution in [1.29, 1.82) is 0 Å². The standard InChI is InChI=1S/C17H17ClN4/c1-3-19-16-12-7-4-5-9-15(12)21-17(22-16)20-14-10-6-8-13(18)11(14)2/h4-10H,3H2,1-2H3,(H2,19,20,21,22). The molecule has 3 aromatic rings. The summed E-state index contributed by atoms with van der Waals surface area (Å²) < 4.78 is 0. The van der Waals surface area contributed by atoms with Crippen molar-refractivity contribution >= 4 is 40.0 Å². The fraction of sp³-hybridized carbons (Fsp3) is 0.176. The molecule has 0 aliphatic carbocycles. The molecule has 5 heteroatoms. The third-order valence-corrected chi connectivity index (χ3v) is 3.87. The first-order valence-corrected chi connectivity index (χ1v) is 7.59. The normalized spacial score (nSPS) is 10.7. The van der Waals surface area contributed by atoms with E-state index in [0.717, 1.165) is 39.5 Å². The average Bonchev–Trinajstić information content (AvgIpc) is 2.52. The molecule has 0 aliphatic rings. The van der Waals surface area contributed by atoms with Gasteiger partial charge in [-0.15, -0.1) is 0 Å². The first kappa shape index (κ1) is 14.6. The molecule has 0 radical (unpaired) electrons. The minimum atomic E-state index is 0.556. The fourth-order valence-electron chi connectivity index (χ4n) is 2.30. The molecule has 0 saturated heterocycles. The summed E-state index contributed by atoms with van der Waals surface area (Å²) in [6.07, 6.45) is 0. The minimum absolute atomic E-state index is 0.556. The molecule has 4 nitrogen and oxygen atoms in total. The summed E-state index contributed by atoms with van der Waals surface area (Å²) in [6, 6.07) is 13.7. The van der Waals surface area contributed by atoms with Crippen molar-refractivity contribution in [2.24, 2.45) is 0 Å². The van der Waals surface area contributed by atoms with Gasteiger partial charge in [0.05, 0.1) is 5.52 Å². The number of nitrogens with zero attached hydrogens (tertiary/aromatic N) is 2. The van der Waals surface area contributed by atoms with Crippen LogP contribution in [-0.2, 0) is 0 Å². The van der Waals surface area contributed by atoms with Gasteiger partial charge < -0.3 is 10.6 Å². The smallest absolute Gasteiger partial charge is 0.229 e. The maximum absolute atomic E-state index is 6.16. The highest BCUT2D eigenvalue weighted by Gasteiger charge is 2.09. The van der Waals surface area contributed by atoms with E-state index < -0.39 is 0 Å². The van der Waals surface area contributed by atoms with Gasteiger partial charge in [-0.1, -0.05) is 29.8 Å². The Balaban J connectivity index is 2.05. The Kier molecular flexibility index (Phi) is 4.11. The number of fused-ring (bicyclic) bond motifs is 1. The molecule has 0 amide bonds. The van der Waals surface area contributed by atoms with E-state index >= 15 is 0 Å². The zero-order valence-corrected chi connectivity index (χ0v) is 13.3. The second-order valence-corrected chi connectivity index (χ2v) is 5.39. The fourth-order valence-corrected chi connectivity index (χ4v) is 2.47. The maximum Gasteiger partial charge on any atom is 0.229 e. The molecule has 0 fully saturated rings. The molecule has 0 saturated carbocycles. The van der Waals surface area contributed by atoms with E-state index in [9.17, 15) is 0 Å². The molecule has 112 valence electrons. The SMILES string of the molecule is CCNc1nc(Nc2cccc(Cl)c2C)nc2ccccc12. The number of hydrogen-bond donors (Lipinski definition) is 2. The molecule has 3 rings (SSSR count). The van der Waals surface area contributed by atoms with Gasteiger partial charge in [0.15, 0.2) is 0 Å². The van der Waals surface area contributed by atoms with E-state index in [1.54, 1.807) is 0 Å². The number of halogens is 1. The summed E-state index contributed by atoms with van der Waals surface area (Å²) in [6.45, 7) is 4.82. The van der Waals surface area contributed by atoms with Gasteiger partial charge in [-0.3, -0.25) is 0 Å². The van der Waals surface area contributed by atoms with Gasteiger partial charge in [-0.2, -0.15) is 4.98 Å². The molecular weight excluding hydrogens is 296 g/mol. The van der Waals surface area contributed by atoms with Crippen molar-refractivity contribution in [1.82, 2.24) is 9.97 Å². The van der Waals surface area contributed by atoms with E-state index in [2.05, 4.69) is 20.6 Å². The Morgan fingerprint density at radius 1 is 1.05 bits per heavy atom. The van der Waals surface area contributed by atoms with Crippen LogP contribution in [-0.4, -0.2) is 16.5 Å². The zero-order chi connectivity index (χ0) is 15.5. The Labute approximate surface area is 134 Å². The number of nitrogens with one attached hydrogen (secondary N) is 2. The van der Waals surface area contributed by atoms with E-state index in [1.807, 2.05) is 56.3 Å².